The lowest BCUT2D eigenvalue weighted by molar-refractivity contribution is -0.137. The van der Waals surface area contributed by atoms with Crippen LogP contribution in [0.3, 0.4) is 0 Å². The highest BCUT2D eigenvalue weighted by Crippen LogP contribution is 2.41. The van der Waals surface area contributed by atoms with Gasteiger partial charge in [0.1, 0.15) is 12.0 Å². The van der Waals surface area contributed by atoms with E-state index in [4.69, 9.17) is 11.6 Å². The molecule has 0 bridgehead atoms. The summed E-state index contributed by atoms with van der Waals surface area (Å²) in [7, 11) is 1.97. The number of halogens is 4. The second kappa shape index (κ2) is 11.3. The maximum atomic E-state index is 14.0. The van der Waals surface area contributed by atoms with Crippen molar-refractivity contribution in [3.8, 4) is 16.9 Å². The minimum absolute atomic E-state index is 0.0291. The lowest BCUT2D eigenvalue weighted by Gasteiger charge is -2.26. The van der Waals surface area contributed by atoms with Gasteiger partial charge in [-0.15, -0.1) is 5.10 Å². The third-order valence-electron chi connectivity index (χ3n) is 6.98. The Hall–Kier alpha value is -3.83. The second-order valence-corrected chi connectivity index (χ2v) is 10.3. The minimum atomic E-state index is -4.70. The summed E-state index contributed by atoms with van der Waals surface area (Å²) in [5.41, 5.74) is 2.70. The number of hydrogen-bond donors (Lipinski definition) is 0. The molecule has 12 heteroatoms. The van der Waals surface area contributed by atoms with Gasteiger partial charge in [-0.2, -0.15) is 13.2 Å². The molecule has 8 nitrogen and oxygen atoms in total. The predicted octanol–water partition coefficient (Wildman–Crippen LogP) is 5.27. The highest BCUT2D eigenvalue weighted by Gasteiger charge is 2.36. The van der Waals surface area contributed by atoms with Crippen molar-refractivity contribution in [2.45, 2.75) is 25.9 Å². The van der Waals surface area contributed by atoms with Crippen LogP contribution in [0.1, 0.15) is 33.5 Å². The minimum Gasteiger partial charge on any atom is -0.369 e. The summed E-state index contributed by atoms with van der Waals surface area (Å²) in [5, 5.41) is 8.01. The fraction of sp³-hybridized carbons (Fsp3) is 0.321. The van der Waals surface area contributed by atoms with Gasteiger partial charge in [-0.3, -0.25) is 4.79 Å². The van der Waals surface area contributed by atoms with Crippen LogP contribution in [0.2, 0.25) is 5.02 Å². The zero-order valence-electron chi connectivity index (χ0n) is 22.0. The Labute approximate surface area is 234 Å². The molecule has 3 heterocycles. The Balaban J connectivity index is 1.44. The molecular weight excluding hydrogens is 543 g/mol. The highest BCUT2D eigenvalue weighted by molar-refractivity contribution is 6.34. The Bertz CT molecular complexity index is 1520. The molecule has 4 aromatic rings. The molecule has 1 aliphatic heterocycles. The standard InChI is InChI=1S/C28H27ClF3N7O/c1-18-4-5-19(10-24(18)39-16-23(35-36-39)21-14-33-17-34-15-21)11-26(40)20-12-22(28(30,31)32)27(29)25(13-20)38-7-3-6-37(2)8-9-38/h4-5,10,12-17H,3,6-9,11H2,1-2H3. The summed E-state index contributed by atoms with van der Waals surface area (Å²) >= 11 is 6.30. The van der Waals surface area contributed by atoms with Crippen molar-refractivity contribution >= 4 is 23.1 Å². The molecule has 2 aromatic carbocycles. The molecule has 0 unspecified atom stereocenters. The Morgan fingerprint density at radius 1 is 1.02 bits per heavy atom. The number of anilines is 1. The van der Waals surface area contributed by atoms with E-state index < -0.39 is 17.5 Å². The lowest BCUT2D eigenvalue weighted by Crippen LogP contribution is -2.29. The molecule has 0 N–H and O–H groups in total. The third kappa shape index (κ3) is 6.00. The largest absolute Gasteiger partial charge is 0.417 e. The molecule has 0 radical (unpaired) electrons. The van der Waals surface area contributed by atoms with Crippen LogP contribution < -0.4 is 4.90 Å². The summed E-state index contributed by atoms with van der Waals surface area (Å²) in [6.07, 6.45) is 2.39. The summed E-state index contributed by atoms with van der Waals surface area (Å²) < 4.78 is 43.5. The van der Waals surface area contributed by atoms with E-state index in [0.717, 1.165) is 24.6 Å². The fourth-order valence-electron chi connectivity index (χ4n) is 4.74. The Morgan fingerprint density at radius 3 is 2.55 bits per heavy atom. The first-order valence-corrected chi connectivity index (χ1v) is 13.1. The van der Waals surface area contributed by atoms with Crippen LogP contribution in [0.4, 0.5) is 18.9 Å². The van der Waals surface area contributed by atoms with Gasteiger partial charge in [0.2, 0.25) is 0 Å². The molecule has 0 aliphatic carbocycles. The quantitative estimate of drug-likeness (QED) is 0.293. The van der Waals surface area contributed by atoms with Gasteiger partial charge in [-0.25, -0.2) is 14.6 Å². The average Bonchev–Trinajstić information content (AvgIpc) is 3.32. The molecule has 2 aromatic heterocycles. The maximum Gasteiger partial charge on any atom is 0.417 e. The molecule has 1 aliphatic rings. The SMILES string of the molecule is Cc1ccc(CC(=O)c2cc(N3CCCN(C)CC3)c(Cl)c(C(F)(F)F)c2)cc1-n1cc(-c2cncnc2)nn1. The van der Waals surface area contributed by atoms with E-state index in [1.165, 1.54) is 12.4 Å². The van der Waals surface area contributed by atoms with E-state index in [1.54, 1.807) is 35.4 Å². The van der Waals surface area contributed by atoms with Crippen molar-refractivity contribution in [3.05, 3.63) is 82.5 Å². The Morgan fingerprint density at radius 2 is 1.80 bits per heavy atom. The first kappa shape index (κ1) is 27.7. The van der Waals surface area contributed by atoms with Gasteiger partial charge in [0.15, 0.2) is 5.78 Å². The van der Waals surface area contributed by atoms with Crippen LogP contribution in [0.25, 0.3) is 16.9 Å². The number of carbonyl (C=O) groups excluding carboxylic acids is 1. The molecule has 0 spiro atoms. The van der Waals surface area contributed by atoms with Crippen LogP contribution in [0.15, 0.2) is 55.2 Å². The maximum absolute atomic E-state index is 14.0. The van der Waals surface area contributed by atoms with E-state index in [9.17, 15) is 18.0 Å². The molecule has 1 fully saturated rings. The van der Waals surface area contributed by atoms with Crippen molar-refractivity contribution in [3.63, 3.8) is 0 Å². The van der Waals surface area contributed by atoms with Crippen LogP contribution >= 0.6 is 11.6 Å². The number of alkyl halides is 3. The van der Waals surface area contributed by atoms with Crippen molar-refractivity contribution in [1.82, 2.24) is 29.9 Å². The number of ketones is 1. The van der Waals surface area contributed by atoms with E-state index in [-0.39, 0.29) is 22.7 Å². The monoisotopic (exact) mass is 569 g/mol. The summed E-state index contributed by atoms with van der Waals surface area (Å²) in [4.78, 5) is 25.3. The van der Waals surface area contributed by atoms with Gasteiger partial charge in [-0.05, 0) is 56.3 Å². The van der Waals surface area contributed by atoms with Crippen molar-refractivity contribution in [2.24, 2.45) is 0 Å². The topological polar surface area (TPSA) is 80.0 Å². The molecule has 0 amide bonds. The van der Waals surface area contributed by atoms with Gasteiger partial charge in [-0.1, -0.05) is 28.9 Å². The van der Waals surface area contributed by atoms with E-state index in [2.05, 4.69) is 25.2 Å². The number of Topliss-reactive ketones (excluding diaryl/α,β-unsaturated/α-hetero) is 1. The number of hydrogen-bond acceptors (Lipinski definition) is 7. The van der Waals surface area contributed by atoms with Gasteiger partial charge in [0, 0.05) is 49.6 Å². The van der Waals surface area contributed by atoms with Gasteiger partial charge >= 0.3 is 6.18 Å². The van der Waals surface area contributed by atoms with Crippen LogP contribution in [0, 0.1) is 6.92 Å². The number of aromatic nitrogens is 5. The smallest absolute Gasteiger partial charge is 0.369 e. The van der Waals surface area contributed by atoms with Crippen molar-refractivity contribution < 1.29 is 18.0 Å². The van der Waals surface area contributed by atoms with Crippen LogP contribution in [-0.2, 0) is 12.6 Å². The van der Waals surface area contributed by atoms with Crippen LogP contribution in [0.5, 0.6) is 0 Å². The predicted molar refractivity (Wildman–Crippen MR) is 146 cm³/mol. The molecule has 0 saturated carbocycles. The molecule has 0 atom stereocenters. The van der Waals surface area contributed by atoms with Crippen LogP contribution in [-0.4, -0.2) is 68.9 Å². The van der Waals surface area contributed by atoms with E-state index >= 15 is 0 Å². The normalized spacial score (nSPS) is 14.8. The van der Waals surface area contributed by atoms with Gasteiger partial charge < -0.3 is 9.80 Å². The number of benzene rings is 2. The molecule has 208 valence electrons. The molecule has 1 saturated heterocycles. The third-order valence-corrected chi connectivity index (χ3v) is 7.37. The number of likely N-dealkylation sites (N-methyl/N-ethyl adjacent to an activating group) is 1. The number of aryl methyl sites for hydroxylation is 1. The first-order chi connectivity index (χ1) is 19.1. The zero-order valence-corrected chi connectivity index (χ0v) is 22.7. The summed E-state index contributed by atoms with van der Waals surface area (Å²) in [6.45, 7) is 4.48. The van der Waals surface area contributed by atoms with E-state index in [0.29, 0.717) is 42.1 Å². The fourth-order valence-corrected chi connectivity index (χ4v) is 5.07. The average molecular weight is 570 g/mol. The molecule has 5 rings (SSSR count). The number of carbonyl (C=O) groups is 1. The highest BCUT2D eigenvalue weighted by atomic mass is 35.5. The van der Waals surface area contributed by atoms with E-state index in [1.807, 2.05) is 24.9 Å². The Kier molecular flexibility index (Phi) is 7.86. The van der Waals surface area contributed by atoms with Crippen molar-refractivity contribution in [2.75, 3.05) is 38.1 Å². The second-order valence-electron chi connectivity index (χ2n) is 9.89. The first-order valence-electron chi connectivity index (χ1n) is 12.7. The van der Waals surface area contributed by atoms with Gasteiger partial charge in [0.25, 0.3) is 0 Å². The molecule has 40 heavy (non-hydrogen) atoms. The number of nitrogens with zero attached hydrogens (tertiary/aromatic N) is 7. The molecular formula is C28H27ClF3N7O. The summed E-state index contributed by atoms with van der Waals surface area (Å²) in [6, 6.07) is 7.77. The lowest BCUT2D eigenvalue weighted by atomic mass is 9.98. The van der Waals surface area contributed by atoms with Gasteiger partial charge in [0.05, 0.1) is 28.2 Å². The number of rotatable bonds is 6. The summed E-state index contributed by atoms with van der Waals surface area (Å²) in [5.74, 6) is -0.439. The zero-order chi connectivity index (χ0) is 28.4. The van der Waals surface area contributed by atoms with Crippen molar-refractivity contribution in [1.29, 1.82) is 0 Å².